The number of carbonyl (C=O) groups excluding carboxylic acids is 2. The maximum absolute atomic E-state index is 14.1. The smallest absolute Gasteiger partial charge is 0.315 e. The summed E-state index contributed by atoms with van der Waals surface area (Å²) < 4.78 is 60.5. The van der Waals surface area contributed by atoms with E-state index in [-0.39, 0.29) is 24.5 Å². The number of esters is 2. The Morgan fingerprint density at radius 1 is 1.00 bits per heavy atom. The monoisotopic (exact) mass is 624 g/mol. The highest BCUT2D eigenvalue weighted by atomic mass is 16.7. The largest absolute Gasteiger partial charge is 0.469 e. The molecule has 44 heavy (non-hydrogen) atoms. The molecule has 0 N–H and O–H groups in total. The van der Waals surface area contributed by atoms with Crippen molar-refractivity contribution >= 4 is 11.9 Å². The second-order valence-electron chi connectivity index (χ2n) is 13.7. The Balaban J connectivity index is 1.42. The highest BCUT2D eigenvalue weighted by molar-refractivity contribution is 5.86. The van der Waals surface area contributed by atoms with E-state index in [9.17, 15) is 9.59 Å². The number of fused-ring (bicyclic) bond motifs is 1. The van der Waals surface area contributed by atoms with Crippen LogP contribution in [-0.2, 0) is 57.0 Å². The molecule has 6 rings (SSSR count). The van der Waals surface area contributed by atoms with Gasteiger partial charge in [0, 0.05) is 60.9 Å². The zero-order valence-electron chi connectivity index (χ0n) is 27.1. The normalized spacial score (nSPS) is 50.7. The van der Waals surface area contributed by atoms with Crippen molar-refractivity contribution in [3.8, 4) is 0 Å². The molecule has 0 aromatic heterocycles. The van der Waals surface area contributed by atoms with E-state index in [0.717, 1.165) is 12.0 Å². The van der Waals surface area contributed by atoms with E-state index in [1.54, 1.807) is 42.7 Å². The Morgan fingerprint density at radius 3 is 2.30 bits per heavy atom. The van der Waals surface area contributed by atoms with Crippen LogP contribution in [0.3, 0.4) is 0 Å². The van der Waals surface area contributed by atoms with Gasteiger partial charge in [-0.05, 0) is 43.6 Å². The van der Waals surface area contributed by atoms with E-state index >= 15 is 0 Å². The predicted molar refractivity (Wildman–Crippen MR) is 152 cm³/mol. The average Bonchev–Trinajstić information content (AvgIpc) is 3.45. The molecule has 4 saturated carbocycles. The second kappa shape index (κ2) is 11.3. The molecular weight excluding hydrogens is 576 g/mol. The Morgan fingerprint density at radius 2 is 1.70 bits per heavy atom. The van der Waals surface area contributed by atoms with Crippen molar-refractivity contribution in [1.82, 2.24) is 0 Å². The van der Waals surface area contributed by atoms with Crippen LogP contribution in [0.1, 0.15) is 39.0 Å². The molecule has 248 valence electrons. The van der Waals surface area contributed by atoms with Crippen LogP contribution in [-0.4, -0.2) is 122 Å². The second-order valence-corrected chi connectivity index (χ2v) is 13.7. The first-order valence-corrected chi connectivity index (χ1v) is 15.5. The molecule has 0 radical (unpaired) electrons. The van der Waals surface area contributed by atoms with Crippen molar-refractivity contribution in [2.24, 2.45) is 28.6 Å². The van der Waals surface area contributed by atoms with Gasteiger partial charge in [-0.15, -0.1) is 0 Å². The van der Waals surface area contributed by atoms with Crippen molar-refractivity contribution in [1.29, 1.82) is 0 Å². The SMILES string of the molecule is C=C1C[C@]23C[C@@]1(OC)CC[C@H]2[C@@]12C[C@H](O[C@@H]4O[C@H](COC)[C@@H](OC)[C@H](OC)[C@H]4OC)[C@H](OC)C(C)(C(=O)O1)[C@H]2[C@@H]3C(=O)OC. The topological polar surface area (TPSA) is 126 Å². The Hall–Kier alpha value is -1.64. The van der Waals surface area contributed by atoms with E-state index in [1.807, 2.05) is 6.92 Å². The molecule has 4 bridgehead atoms. The van der Waals surface area contributed by atoms with Gasteiger partial charge in [0.1, 0.15) is 35.4 Å². The standard InChI is InChI=1S/C32H48O12/c1-16-12-30-15-31(16,41-9)11-10-19(30)32-13-17(25(39-7)29(2,28(34)44-32)24(32)20(30)26(33)40-8)42-27-23(38-6)22(37-5)21(36-4)18(43-27)14-35-3/h17-25,27H,1,10-15H2,2-9H3/t17-,18+,19+,20+,21+,22-,23+,24+,25-,27+,29?,30-,31-,32+/m0/s1. The van der Waals surface area contributed by atoms with Gasteiger partial charge in [-0.3, -0.25) is 9.59 Å². The fourth-order valence-corrected chi connectivity index (χ4v) is 10.9. The van der Waals surface area contributed by atoms with Crippen LogP contribution in [0.4, 0.5) is 0 Å². The first-order chi connectivity index (χ1) is 21.0. The molecular formula is C32H48O12. The van der Waals surface area contributed by atoms with Crippen LogP contribution in [0.5, 0.6) is 0 Å². The van der Waals surface area contributed by atoms with Gasteiger partial charge >= 0.3 is 11.9 Å². The average molecular weight is 625 g/mol. The third kappa shape index (κ3) is 3.98. The third-order valence-electron chi connectivity index (χ3n) is 12.4. The lowest BCUT2D eigenvalue weighted by atomic mass is 9.58. The summed E-state index contributed by atoms with van der Waals surface area (Å²) >= 11 is 0. The molecule has 12 nitrogen and oxygen atoms in total. The summed E-state index contributed by atoms with van der Waals surface area (Å²) in [4.78, 5) is 28.0. The molecule has 12 heteroatoms. The molecule has 0 aromatic rings. The molecule has 2 heterocycles. The molecule has 1 spiro atoms. The number of ether oxygens (including phenoxy) is 10. The van der Waals surface area contributed by atoms with Crippen LogP contribution in [0, 0.1) is 28.6 Å². The lowest BCUT2D eigenvalue weighted by Gasteiger charge is -2.51. The van der Waals surface area contributed by atoms with E-state index < -0.39 is 76.8 Å². The van der Waals surface area contributed by atoms with Crippen molar-refractivity contribution in [3.63, 3.8) is 0 Å². The minimum Gasteiger partial charge on any atom is -0.469 e. The molecule has 1 unspecified atom stereocenters. The van der Waals surface area contributed by atoms with Gasteiger partial charge in [0.05, 0.1) is 37.4 Å². The minimum absolute atomic E-state index is 0.127. The molecule has 2 saturated heterocycles. The first-order valence-electron chi connectivity index (χ1n) is 15.5. The molecule has 0 amide bonds. The first kappa shape index (κ1) is 32.3. The van der Waals surface area contributed by atoms with Gasteiger partial charge in [0.2, 0.25) is 0 Å². The lowest BCUT2D eigenvalue weighted by molar-refractivity contribution is -0.336. The highest BCUT2D eigenvalue weighted by Crippen LogP contribution is 2.79. The molecule has 2 aliphatic heterocycles. The molecule has 4 aliphatic carbocycles. The zero-order chi connectivity index (χ0) is 31.8. The maximum Gasteiger partial charge on any atom is 0.315 e. The number of rotatable bonds is 10. The summed E-state index contributed by atoms with van der Waals surface area (Å²) in [6.07, 6.45) is -1.44. The Kier molecular flexibility index (Phi) is 8.27. The number of carbonyl (C=O) groups is 2. The Bertz CT molecular complexity index is 1160. The highest BCUT2D eigenvalue weighted by Gasteiger charge is 2.86. The summed E-state index contributed by atoms with van der Waals surface area (Å²) in [6.45, 7) is 6.52. The van der Waals surface area contributed by atoms with E-state index in [2.05, 4.69) is 6.58 Å². The molecule has 6 fully saturated rings. The minimum atomic E-state index is -1.21. The van der Waals surface area contributed by atoms with Crippen LogP contribution < -0.4 is 0 Å². The fourth-order valence-electron chi connectivity index (χ4n) is 10.9. The third-order valence-corrected chi connectivity index (χ3v) is 12.4. The van der Waals surface area contributed by atoms with E-state index in [4.69, 9.17) is 47.4 Å². The predicted octanol–water partition coefficient (Wildman–Crippen LogP) is 2.06. The summed E-state index contributed by atoms with van der Waals surface area (Å²) in [7, 11) is 11.0. The van der Waals surface area contributed by atoms with Crippen molar-refractivity contribution < 1.29 is 57.0 Å². The number of methoxy groups -OCH3 is 7. The summed E-state index contributed by atoms with van der Waals surface area (Å²) in [6, 6.07) is 0. The summed E-state index contributed by atoms with van der Waals surface area (Å²) in [5.74, 6) is -1.94. The number of hydrogen-bond acceptors (Lipinski definition) is 12. The summed E-state index contributed by atoms with van der Waals surface area (Å²) in [5.41, 5.74) is -2.26. The van der Waals surface area contributed by atoms with Gasteiger partial charge in [-0.2, -0.15) is 0 Å². The Labute approximate surface area is 259 Å². The van der Waals surface area contributed by atoms with Crippen LogP contribution >= 0.6 is 0 Å². The number of hydrogen-bond donors (Lipinski definition) is 0. The van der Waals surface area contributed by atoms with E-state index in [0.29, 0.717) is 25.7 Å². The fraction of sp³-hybridized carbons (Fsp3) is 0.875. The quantitative estimate of drug-likeness (QED) is 0.261. The summed E-state index contributed by atoms with van der Waals surface area (Å²) in [5, 5.41) is 0. The lowest BCUT2D eigenvalue weighted by Crippen LogP contribution is -2.65. The van der Waals surface area contributed by atoms with Crippen LogP contribution in [0.25, 0.3) is 0 Å². The zero-order valence-corrected chi connectivity index (χ0v) is 27.1. The van der Waals surface area contributed by atoms with Gasteiger partial charge in [0.25, 0.3) is 0 Å². The van der Waals surface area contributed by atoms with Gasteiger partial charge < -0.3 is 47.4 Å². The van der Waals surface area contributed by atoms with Gasteiger partial charge in [-0.1, -0.05) is 6.58 Å². The maximum atomic E-state index is 14.1. The van der Waals surface area contributed by atoms with Gasteiger partial charge in [-0.25, -0.2) is 0 Å². The molecule has 0 aromatic carbocycles. The van der Waals surface area contributed by atoms with Crippen LogP contribution in [0.2, 0.25) is 0 Å². The van der Waals surface area contributed by atoms with Crippen molar-refractivity contribution in [2.75, 3.05) is 56.4 Å². The van der Waals surface area contributed by atoms with Crippen molar-refractivity contribution in [3.05, 3.63) is 12.2 Å². The van der Waals surface area contributed by atoms with E-state index in [1.165, 1.54) is 7.11 Å². The molecule has 6 aliphatic rings. The van der Waals surface area contributed by atoms with Gasteiger partial charge in [0.15, 0.2) is 6.29 Å². The van der Waals surface area contributed by atoms with Crippen molar-refractivity contribution in [2.45, 2.75) is 93.1 Å². The molecule has 14 atom stereocenters. The van der Waals surface area contributed by atoms with Crippen LogP contribution in [0.15, 0.2) is 12.2 Å².